The second kappa shape index (κ2) is 8.00. The molecule has 0 bridgehead atoms. The average molecular weight is 292 g/mol. The first kappa shape index (κ1) is 15.8. The molecule has 1 N–H and O–H groups in total. The first-order valence-corrected chi connectivity index (χ1v) is 7.33. The molecule has 1 aliphatic heterocycles. The minimum absolute atomic E-state index is 0.0410. The van der Waals surface area contributed by atoms with Crippen LogP contribution in [0.2, 0.25) is 0 Å². The van der Waals surface area contributed by atoms with Crippen LogP contribution >= 0.6 is 0 Å². The molecule has 1 amide bonds. The van der Waals surface area contributed by atoms with E-state index < -0.39 is 0 Å². The largest absolute Gasteiger partial charge is 0.497 e. The van der Waals surface area contributed by atoms with E-state index in [0.29, 0.717) is 19.0 Å². The maximum absolute atomic E-state index is 11.9. The molecule has 1 aromatic rings. The standard InChI is InChI=1S/C16H24N2O3/c1-18(10-14-6-7-21-12-14)11-16(19)17-9-13-4-3-5-15(8-13)20-2/h3-5,8,14H,6-7,9-12H2,1-2H3,(H,17,19)/t14-/m1/s1. The minimum Gasteiger partial charge on any atom is -0.497 e. The van der Waals surface area contributed by atoms with E-state index in [0.717, 1.165) is 37.5 Å². The lowest BCUT2D eigenvalue weighted by molar-refractivity contribution is -0.122. The fourth-order valence-electron chi connectivity index (χ4n) is 2.52. The molecule has 1 fully saturated rings. The molecule has 1 aliphatic rings. The van der Waals surface area contributed by atoms with Crippen molar-refractivity contribution in [1.29, 1.82) is 0 Å². The lowest BCUT2D eigenvalue weighted by atomic mass is 10.1. The van der Waals surface area contributed by atoms with E-state index in [4.69, 9.17) is 9.47 Å². The third-order valence-electron chi connectivity index (χ3n) is 3.63. The first-order chi connectivity index (χ1) is 10.2. The Morgan fingerprint density at radius 2 is 2.38 bits per heavy atom. The van der Waals surface area contributed by atoms with Gasteiger partial charge in [-0.05, 0) is 37.1 Å². The summed E-state index contributed by atoms with van der Waals surface area (Å²) in [5.41, 5.74) is 1.04. The summed E-state index contributed by atoms with van der Waals surface area (Å²) in [5.74, 6) is 1.40. The van der Waals surface area contributed by atoms with Crippen LogP contribution in [0.5, 0.6) is 5.75 Å². The maximum Gasteiger partial charge on any atom is 0.234 e. The van der Waals surface area contributed by atoms with Crippen LogP contribution in [-0.4, -0.2) is 51.3 Å². The lowest BCUT2D eigenvalue weighted by Gasteiger charge is -2.19. The third-order valence-corrected chi connectivity index (χ3v) is 3.63. The molecule has 0 spiro atoms. The highest BCUT2D eigenvalue weighted by molar-refractivity contribution is 5.77. The molecule has 116 valence electrons. The number of rotatable bonds is 7. The lowest BCUT2D eigenvalue weighted by Crippen LogP contribution is -2.37. The highest BCUT2D eigenvalue weighted by atomic mass is 16.5. The molecule has 1 heterocycles. The average Bonchev–Trinajstić information content (AvgIpc) is 2.98. The van der Waals surface area contributed by atoms with Crippen LogP contribution in [0.1, 0.15) is 12.0 Å². The Labute approximate surface area is 126 Å². The number of carbonyl (C=O) groups excluding carboxylic acids is 1. The molecule has 0 aromatic heterocycles. The van der Waals surface area contributed by atoms with E-state index in [1.54, 1.807) is 7.11 Å². The van der Waals surface area contributed by atoms with Gasteiger partial charge in [-0.1, -0.05) is 12.1 Å². The van der Waals surface area contributed by atoms with Gasteiger partial charge in [0.05, 0.1) is 20.3 Å². The molecule has 21 heavy (non-hydrogen) atoms. The van der Waals surface area contributed by atoms with Gasteiger partial charge in [-0.2, -0.15) is 0 Å². The van der Waals surface area contributed by atoms with Crippen molar-refractivity contribution in [2.24, 2.45) is 5.92 Å². The summed E-state index contributed by atoms with van der Waals surface area (Å²) in [5, 5.41) is 2.94. The van der Waals surface area contributed by atoms with Crippen molar-refractivity contribution in [1.82, 2.24) is 10.2 Å². The highest BCUT2D eigenvalue weighted by Gasteiger charge is 2.18. The van der Waals surface area contributed by atoms with E-state index in [9.17, 15) is 4.79 Å². The van der Waals surface area contributed by atoms with Gasteiger partial charge in [0.15, 0.2) is 0 Å². The van der Waals surface area contributed by atoms with Crippen molar-refractivity contribution in [3.63, 3.8) is 0 Å². The summed E-state index contributed by atoms with van der Waals surface area (Å²) in [6.07, 6.45) is 1.09. The molecular formula is C16H24N2O3. The summed E-state index contributed by atoms with van der Waals surface area (Å²) in [7, 11) is 3.61. The molecule has 5 heteroatoms. The number of benzene rings is 1. The second-order valence-electron chi connectivity index (χ2n) is 5.55. The Kier molecular flexibility index (Phi) is 6.02. The third kappa shape index (κ3) is 5.36. The van der Waals surface area contributed by atoms with Crippen molar-refractivity contribution in [3.05, 3.63) is 29.8 Å². The zero-order valence-corrected chi connectivity index (χ0v) is 12.8. The minimum atomic E-state index is 0.0410. The number of hydrogen-bond donors (Lipinski definition) is 1. The van der Waals surface area contributed by atoms with Crippen LogP contribution in [0, 0.1) is 5.92 Å². The number of likely N-dealkylation sites (N-methyl/N-ethyl adjacent to an activating group) is 1. The van der Waals surface area contributed by atoms with E-state index in [-0.39, 0.29) is 5.91 Å². The van der Waals surface area contributed by atoms with Crippen LogP contribution in [0.15, 0.2) is 24.3 Å². The van der Waals surface area contributed by atoms with Crippen molar-refractivity contribution < 1.29 is 14.3 Å². The zero-order chi connectivity index (χ0) is 15.1. The summed E-state index contributed by atoms with van der Waals surface area (Å²) in [4.78, 5) is 14.0. The Morgan fingerprint density at radius 1 is 1.52 bits per heavy atom. The normalized spacial score (nSPS) is 18.0. The van der Waals surface area contributed by atoms with Crippen LogP contribution in [0.4, 0.5) is 0 Å². The SMILES string of the molecule is COc1cccc(CNC(=O)CN(C)C[C@H]2CCOC2)c1. The molecule has 1 saturated heterocycles. The first-order valence-electron chi connectivity index (χ1n) is 7.33. The summed E-state index contributed by atoms with van der Waals surface area (Å²) in [6, 6.07) is 7.72. The fourth-order valence-corrected chi connectivity index (χ4v) is 2.52. The Morgan fingerprint density at radius 3 is 3.10 bits per heavy atom. The van der Waals surface area contributed by atoms with E-state index in [1.165, 1.54) is 0 Å². The van der Waals surface area contributed by atoms with E-state index in [1.807, 2.05) is 31.3 Å². The molecule has 1 atom stereocenters. The highest BCUT2D eigenvalue weighted by Crippen LogP contribution is 2.13. The molecule has 2 rings (SSSR count). The van der Waals surface area contributed by atoms with Crippen LogP contribution in [-0.2, 0) is 16.1 Å². The van der Waals surface area contributed by atoms with Crippen molar-refractivity contribution in [2.45, 2.75) is 13.0 Å². The number of nitrogens with one attached hydrogen (secondary N) is 1. The summed E-state index contributed by atoms with van der Waals surface area (Å²) < 4.78 is 10.5. The van der Waals surface area contributed by atoms with Crippen LogP contribution < -0.4 is 10.1 Å². The maximum atomic E-state index is 11.9. The molecule has 0 aliphatic carbocycles. The van der Waals surface area contributed by atoms with Gasteiger partial charge in [0.1, 0.15) is 5.75 Å². The van der Waals surface area contributed by atoms with Crippen molar-refractivity contribution >= 4 is 5.91 Å². The van der Waals surface area contributed by atoms with Crippen molar-refractivity contribution in [2.75, 3.05) is 40.5 Å². The monoisotopic (exact) mass is 292 g/mol. The number of nitrogens with zero attached hydrogens (tertiary/aromatic N) is 1. The molecule has 1 aromatic carbocycles. The van der Waals surface area contributed by atoms with Gasteiger partial charge in [-0.3, -0.25) is 9.69 Å². The Balaban J connectivity index is 1.70. The predicted octanol–water partition coefficient (Wildman–Crippen LogP) is 1.28. The zero-order valence-electron chi connectivity index (χ0n) is 12.8. The van der Waals surface area contributed by atoms with Gasteiger partial charge < -0.3 is 14.8 Å². The molecular weight excluding hydrogens is 268 g/mol. The number of hydrogen-bond acceptors (Lipinski definition) is 4. The predicted molar refractivity (Wildman–Crippen MR) is 81.3 cm³/mol. The quantitative estimate of drug-likeness (QED) is 0.822. The number of ether oxygens (including phenoxy) is 2. The summed E-state index contributed by atoms with van der Waals surface area (Å²) in [6.45, 7) is 3.51. The molecule has 0 unspecified atom stereocenters. The van der Waals surface area contributed by atoms with Crippen LogP contribution in [0.3, 0.4) is 0 Å². The molecule has 0 saturated carbocycles. The topological polar surface area (TPSA) is 50.8 Å². The number of amides is 1. The Hall–Kier alpha value is -1.59. The Bertz CT molecular complexity index is 459. The number of carbonyl (C=O) groups is 1. The molecule has 5 nitrogen and oxygen atoms in total. The second-order valence-corrected chi connectivity index (χ2v) is 5.55. The summed E-state index contributed by atoms with van der Waals surface area (Å²) >= 11 is 0. The smallest absolute Gasteiger partial charge is 0.234 e. The van der Waals surface area contributed by atoms with Gasteiger partial charge in [-0.25, -0.2) is 0 Å². The van der Waals surface area contributed by atoms with Gasteiger partial charge in [-0.15, -0.1) is 0 Å². The fraction of sp³-hybridized carbons (Fsp3) is 0.562. The van der Waals surface area contributed by atoms with Gasteiger partial charge >= 0.3 is 0 Å². The van der Waals surface area contributed by atoms with Crippen LogP contribution in [0.25, 0.3) is 0 Å². The van der Waals surface area contributed by atoms with E-state index in [2.05, 4.69) is 10.2 Å². The van der Waals surface area contributed by atoms with Gasteiger partial charge in [0.25, 0.3) is 0 Å². The van der Waals surface area contributed by atoms with Gasteiger partial charge in [0, 0.05) is 19.7 Å². The molecule has 0 radical (unpaired) electrons. The van der Waals surface area contributed by atoms with Crippen molar-refractivity contribution in [3.8, 4) is 5.75 Å². The van der Waals surface area contributed by atoms with Gasteiger partial charge in [0.2, 0.25) is 5.91 Å². The number of methoxy groups -OCH3 is 1. The van der Waals surface area contributed by atoms with E-state index >= 15 is 0 Å².